The van der Waals surface area contributed by atoms with Crippen molar-refractivity contribution in [1.82, 2.24) is 10.6 Å². The summed E-state index contributed by atoms with van der Waals surface area (Å²) in [5, 5.41) is 14.2. The summed E-state index contributed by atoms with van der Waals surface area (Å²) in [5.41, 5.74) is 2.35. The smallest absolute Gasteiger partial charge is 0.348 e. The first-order valence-corrected chi connectivity index (χ1v) is 16.6. The van der Waals surface area contributed by atoms with Crippen molar-refractivity contribution in [2.45, 2.75) is 69.7 Å². The van der Waals surface area contributed by atoms with Crippen LogP contribution in [0.25, 0.3) is 6.08 Å². The van der Waals surface area contributed by atoms with Crippen molar-refractivity contribution in [1.29, 1.82) is 0 Å². The molecule has 2 saturated heterocycles. The van der Waals surface area contributed by atoms with Gasteiger partial charge in [0.05, 0.1) is 12.2 Å². The molecule has 3 N–H and O–H groups in total. The van der Waals surface area contributed by atoms with E-state index < -0.39 is 59.4 Å². The number of esters is 3. The van der Waals surface area contributed by atoms with Gasteiger partial charge < -0.3 is 39.4 Å². The van der Waals surface area contributed by atoms with E-state index in [1.165, 1.54) is 6.08 Å². The lowest BCUT2D eigenvalue weighted by Gasteiger charge is -2.30. The van der Waals surface area contributed by atoms with Gasteiger partial charge in [-0.3, -0.25) is 9.59 Å². The molecule has 50 heavy (non-hydrogen) atoms. The molecule has 2 fully saturated rings. The Morgan fingerprint density at radius 1 is 0.960 bits per heavy atom. The Bertz CT molecular complexity index is 1710. The quantitative estimate of drug-likeness (QED) is 0.179. The first-order valence-electron chi connectivity index (χ1n) is 16.6. The van der Waals surface area contributed by atoms with Gasteiger partial charge >= 0.3 is 17.9 Å². The maximum atomic E-state index is 13.8. The lowest BCUT2D eigenvalue weighted by atomic mass is 9.90. The number of carbonyl (C=O) groups is 5. The maximum Gasteiger partial charge on any atom is 0.348 e. The summed E-state index contributed by atoms with van der Waals surface area (Å²) >= 11 is 0. The van der Waals surface area contributed by atoms with E-state index in [0.29, 0.717) is 24.0 Å². The molecule has 0 saturated carbocycles. The van der Waals surface area contributed by atoms with Crippen LogP contribution in [-0.4, -0.2) is 91.3 Å². The lowest BCUT2D eigenvalue weighted by molar-refractivity contribution is -0.172. The summed E-state index contributed by atoms with van der Waals surface area (Å²) in [6.07, 6.45) is 1.91. The highest BCUT2D eigenvalue weighted by molar-refractivity contribution is 5.97. The molecule has 0 radical (unpaired) electrons. The van der Waals surface area contributed by atoms with E-state index >= 15 is 0 Å². The molecular formula is C37H40N2O11. The molecule has 0 bridgehead atoms. The van der Waals surface area contributed by atoms with Gasteiger partial charge in [-0.05, 0) is 34.9 Å². The van der Waals surface area contributed by atoms with Crippen molar-refractivity contribution in [2.24, 2.45) is 5.41 Å². The van der Waals surface area contributed by atoms with Crippen LogP contribution in [0.15, 0.2) is 66.3 Å². The second kappa shape index (κ2) is 14.6. The van der Waals surface area contributed by atoms with Gasteiger partial charge in [0.1, 0.15) is 24.9 Å². The SMILES string of the molecule is CC1(C)COC(=O)[C@@H]1OC(=O)C=Cc1ccccc1C(=O)O[C@@H]1CC(C(=O)NCCC(=O)NCCO)=C[C@H]2OC3(Cc4ccccc4C3)O[C@H]21. The molecule has 2 heterocycles. The van der Waals surface area contributed by atoms with Gasteiger partial charge in [-0.25, -0.2) is 14.4 Å². The number of fused-ring (bicyclic) bond motifs is 2. The van der Waals surface area contributed by atoms with Crippen LogP contribution >= 0.6 is 0 Å². The Labute approximate surface area is 288 Å². The van der Waals surface area contributed by atoms with Crippen LogP contribution in [0, 0.1) is 5.41 Å². The average Bonchev–Trinajstić information content (AvgIpc) is 3.73. The van der Waals surface area contributed by atoms with E-state index in [1.807, 2.05) is 24.3 Å². The number of hydrogen-bond donors (Lipinski definition) is 3. The number of carbonyl (C=O) groups excluding carboxylic acids is 5. The van der Waals surface area contributed by atoms with Crippen LogP contribution in [0.5, 0.6) is 0 Å². The van der Waals surface area contributed by atoms with Crippen molar-refractivity contribution in [2.75, 3.05) is 26.3 Å². The zero-order valence-electron chi connectivity index (χ0n) is 27.8. The molecule has 2 aliphatic heterocycles. The summed E-state index contributed by atoms with van der Waals surface area (Å²) in [6.45, 7) is 3.65. The Balaban J connectivity index is 1.17. The van der Waals surface area contributed by atoms with E-state index in [9.17, 15) is 24.0 Å². The number of amides is 2. The predicted molar refractivity (Wildman–Crippen MR) is 176 cm³/mol. The van der Waals surface area contributed by atoms with Gasteiger partial charge in [-0.15, -0.1) is 0 Å². The van der Waals surface area contributed by atoms with Crippen LogP contribution in [0.1, 0.15) is 53.7 Å². The number of ether oxygens (including phenoxy) is 5. The summed E-state index contributed by atoms with van der Waals surface area (Å²) in [5.74, 6) is -3.83. The van der Waals surface area contributed by atoms with Crippen molar-refractivity contribution in [3.63, 3.8) is 0 Å². The highest BCUT2D eigenvalue weighted by Gasteiger charge is 2.55. The summed E-state index contributed by atoms with van der Waals surface area (Å²) in [7, 11) is 0. The highest BCUT2D eigenvalue weighted by Crippen LogP contribution is 2.45. The number of hydrogen-bond acceptors (Lipinski definition) is 11. The Kier molecular flexibility index (Phi) is 10.2. The van der Waals surface area contributed by atoms with Crippen LogP contribution in [-0.2, 0) is 55.7 Å². The number of aliphatic hydroxyl groups excluding tert-OH is 1. The third-order valence-corrected chi connectivity index (χ3v) is 9.16. The maximum absolute atomic E-state index is 13.8. The average molecular weight is 689 g/mol. The second-order valence-corrected chi connectivity index (χ2v) is 13.5. The molecule has 4 atom stereocenters. The molecule has 0 aromatic heterocycles. The molecule has 0 unspecified atom stereocenters. The van der Waals surface area contributed by atoms with E-state index in [-0.39, 0.29) is 50.6 Å². The van der Waals surface area contributed by atoms with E-state index in [2.05, 4.69) is 10.6 Å². The molecule has 6 rings (SSSR count). The Hall–Kier alpha value is -4.85. The minimum atomic E-state index is -1.05. The fraction of sp³-hybridized carbons (Fsp3) is 0.432. The zero-order chi connectivity index (χ0) is 35.5. The molecule has 2 aliphatic carbocycles. The van der Waals surface area contributed by atoms with Gasteiger partial charge in [0.2, 0.25) is 17.9 Å². The molecule has 4 aliphatic rings. The Morgan fingerprint density at radius 3 is 2.38 bits per heavy atom. The number of benzene rings is 2. The van der Waals surface area contributed by atoms with Crippen molar-refractivity contribution < 1.29 is 52.8 Å². The van der Waals surface area contributed by atoms with E-state index in [1.54, 1.807) is 44.2 Å². The normalized spacial score (nSPS) is 24.2. The van der Waals surface area contributed by atoms with E-state index in [0.717, 1.165) is 17.2 Å². The zero-order valence-corrected chi connectivity index (χ0v) is 27.8. The highest BCUT2D eigenvalue weighted by atomic mass is 16.8. The second-order valence-electron chi connectivity index (χ2n) is 13.5. The van der Waals surface area contributed by atoms with Gasteiger partial charge in [-0.1, -0.05) is 56.3 Å². The molecule has 2 aromatic carbocycles. The van der Waals surface area contributed by atoms with Gasteiger partial charge in [0.25, 0.3) is 0 Å². The van der Waals surface area contributed by atoms with Crippen LogP contribution in [0.4, 0.5) is 0 Å². The topological polar surface area (TPSA) is 176 Å². The molecule has 2 aromatic rings. The number of rotatable bonds is 11. The van der Waals surface area contributed by atoms with Crippen molar-refractivity contribution >= 4 is 35.8 Å². The number of aliphatic hydroxyl groups is 1. The molecule has 1 spiro atoms. The van der Waals surface area contributed by atoms with Crippen LogP contribution in [0.3, 0.4) is 0 Å². The summed E-state index contributed by atoms with van der Waals surface area (Å²) in [4.78, 5) is 63.7. The summed E-state index contributed by atoms with van der Waals surface area (Å²) in [6, 6.07) is 14.5. The van der Waals surface area contributed by atoms with Gasteiger partial charge in [-0.2, -0.15) is 0 Å². The molecule has 13 heteroatoms. The monoisotopic (exact) mass is 688 g/mol. The molecular weight excluding hydrogens is 648 g/mol. The molecule has 264 valence electrons. The first-order chi connectivity index (χ1) is 24.0. The fourth-order valence-electron chi connectivity index (χ4n) is 6.63. The predicted octanol–water partition coefficient (Wildman–Crippen LogP) is 1.94. The minimum Gasteiger partial charge on any atom is -0.462 e. The largest absolute Gasteiger partial charge is 0.462 e. The van der Waals surface area contributed by atoms with E-state index in [4.69, 9.17) is 28.8 Å². The third kappa shape index (κ3) is 7.64. The molecule has 13 nitrogen and oxygen atoms in total. The number of cyclic esters (lactones) is 1. The first kappa shape index (κ1) is 35.0. The number of nitrogens with one attached hydrogen (secondary N) is 2. The lowest BCUT2D eigenvalue weighted by Crippen LogP contribution is -2.44. The minimum absolute atomic E-state index is 0.0187. The standard InChI is InChI=1S/C37H40N2O11/c1-36(2)21-46-35(45)32(36)48-30(42)12-11-22-7-5-6-10-26(22)34(44)47-27-17-25(33(43)39-14-13-29(41)38-15-16-40)18-28-31(27)50-37(49-28)19-23-8-3-4-9-24(23)20-37/h3-12,18,27-28,31-32,40H,13-17,19-21H2,1-2H3,(H,38,41)(H,39,43)/t27-,28-,31+,32+/m1/s1. The fourth-order valence-corrected chi connectivity index (χ4v) is 6.63. The van der Waals surface area contributed by atoms with Crippen LogP contribution < -0.4 is 10.6 Å². The summed E-state index contributed by atoms with van der Waals surface area (Å²) < 4.78 is 29.5. The van der Waals surface area contributed by atoms with Gasteiger partial charge in [0.15, 0.2) is 5.79 Å². The Morgan fingerprint density at radius 2 is 1.68 bits per heavy atom. The van der Waals surface area contributed by atoms with Crippen molar-refractivity contribution in [3.05, 3.63) is 88.5 Å². The van der Waals surface area contributed by atoms with Crippen molar-refractivity contribution in [3.8, 4) is 0 Å². The van der Waals surface area contributed by atoms with Crippen LogP contribution in [0.2, 0.25) is 0 Å². The van der Waals surface area contributed by atoms with Gasteiger partial charge in [0, 0.05) is 55.8 Å². The third-order valence-electron chi connectivity index (χ3n) is 9.16. The molecule has 2 amide bonds.